The lowest BCUT2D eigenvalue weighted by Crippen LogP contribution is -2.11. The maximum Gasteiger partial charge on any atom is 0.0866 e. The normalized spacial score (nSPS) is 21.6. The predicted molar refractivity (Wildman–Crippen MR) is 65.5 cm³/mol. The molecule has 0 radical (unpaired) electrons. The molecule has 0 saturated carbocycles. The van der Waals surface area contributed by atoms with Crippen LogP contribution in [0, 0.1) is 5.92 Å². The summed E-state index contributed by atoms with van der Waals surface area (Å²) in [7, 11) is 0. The fourth-order valence-electron chi connectivity index (χ4n) is 1.78. The number of halogens is 1. The number of aliphatic hydroxyl groups is 1. The molecule has 78 valence electrons. The second kappa shape index (κ2) is 4.77. The molecule has 15 heavy (non-hydrogen) atoms. The van der Waals surface area contributed by atoms with Gasteiger partial charge in [0.25, 0.3) is 0 Å². The van der Waals surface area contributed by atoms with Crippen LogP contribution in [0.1, 0.15) is 18.1 Å². The highest BCUT2D eigenvalue weighted by Gasteiger charge is 2.19. The molecule has 0 unspecified atom stereocenters. The number of aliphatic hydroxyl groups excluding tert-OH is 1. The molecule has 0 heterocycles. The van der Waals surface area contributed by atoms with E-state index in [0.717, 1.165) is 16.5 Å². The summed E-state index contributed by atoms with van der Waals surface area (Å²) in [4.78, 5) is 0. The van der Waals surface area contributed by atoms with Gasteiger partial charge in [-0.25, -0.2) is 0 Å². The molecule has 2 rings (SSSR count). The predicted octanol–water partition coefficient (Wildman–Crippen LogP) is 3.61. The van der Waals surface area contributed by atoms with Crippen LogP contribution in [0.5, 0.6) is 0 Å². The lowest BCUT2D eigenvalue weighted by Gasteiger charge is -2.21. The van der Waals surface area contributed by atoms with Gasteiger partial charge in [-0.2, -0.15) is 0 Å². The zero-order valence-electron chi connectivity index (χ0n) is 8.31. The highest BCUT2D eigenvalue weighted by Crippen LogP contribution is 2.32. The summed E-state index contributed by atoms with van der Waals surface area (Å²) >= 11 is 3.46. The number of allylic oxidation sites excluding steroid dienone is 3. The lowest BCUT2D eigenvalue weighted by molar-refractivity contribution is 0.131. The number of hydrogen-bond acceptors (Lipinski definition) is 1. The molecule has 0 amide bonds. The van der Waals surface area contributed by atoms with Crippen LogP contribution in [-0.2, 0) is 0 Å². The average molecular weight is 265 g/mol. The minimum absolute atomic E-state index is 0.189. The minimum atomic E-state index is -0.429. The molecule has 0 aliphatic heterocycles. The minimum Gasteiger partial charge on any atom is -0.388 e. The molecule has 1 aliphatic rings. The van der Waals surface area contributed by atoms with Gasteiger partial charge in [0.15, 0.2) is 0 Å². The molecule has 2 heteroatoms. The Balaban J connectivity index is 2.21. The van der Waals surface area contributed by atoms with E-state index in [1.54, 1.807) is 0 Å². The Morgan fingerprint density at radius 2 is 2.07 bits per heavy atom. The van der Waals surface area contributed by atoms with Gasteiger partial charge in [-0.1, -0.05) is 58.4 Å². The van der Waals surface area contributed by atoms with Gasteiger partial charge in [0.1, 0.15) is 0 Å². The van der Waals surface area contributed by atoms with Gasteiger partial charge in [-0.05, 0) is 18.1 Å². The fraction of sp³-hybridized carbons (Fsp3) is 0.231. The maximum atomic E-state index is 10.2. The third kappa shape index (κ3) is 2.39. The maximum absolute atomic E-state index is 10.2. The topological polar surface area (TPSA) is 20.2 Å². The van der Waals surface area contributed by atoms with Crippen molar-refractivity contribution in [2.24, 2.45) is 5.92 Å². The number of benzene rings is 1. The van der Waals surface area contributed by atoms with E-state index in [0.29, 0.717) is 0 Å². The van der Waals surface area contributed by atoms with E-state index in [4.69, 9.17) is 0 Å². The Labute approximate surface area is 98.3 Å². The molecule has 2 atom stereocenters. The van der Waals surface area contributed by atoms with Crippen LogP contribution >= 0.6 is 15.9 Å². The molecule has 1 aromatic rings. The van der Waals surface area contributed by atoms with Crippen LogP contribution in [0.15, 0.2) is 53.0 Å². The van der Waals surface area contributed by atoms with Gasteiger partial charge in [0.2, 0.25) is 0 Å². The van der Waals surface area contributed by atoms with E-state index in [1.165, 1.54) is 0 Å². The molecular formula is C13H13BrO. The first kappa shape index (κ1) is 10.7. The lowest BCUT2D eigenvalue weighted by atomic mass is 9.90. The summed E-state index contributed by atoms with van der Waals surface area (Å²) in [5.41, 5.74) is 0.961. The van der Waals surface area contributed by atoms with Crippen molar-refractivity contribution in [2.75, 3.05) is 0 Å². The molecule has 1 N–H and O–H groups in total. The Morgan fingerprint density at radius 3 is 2.73 bits per heavy atom. The number of rotatable bonds is 2. The zero-order chi connectivity index (χ0) is 10.7. The molecular weight excluding hydrogens is 252 g/mol. The first-order chi connectivity index (χ1) is 7.29. The molecule has 0 saturated heterocycles. The molecule has 0 bridgehead atoms. The summed E-state index contributed by atoms with van der Waals surface area (Å²) in [6.45, 7) is 0. The van der Waals surface area contributed by atoms with E-state index in [-0.39, 0.29) is 5.92 Å². The standard InChI is InChI=1S/C13H13BrO/c14-12-9-5-4-8-11(12)13(15)10-6-2-1-3-7-10/h1-6,8-10,13,15H,7H2/t10-,13-/m0/s1. The van der Waals surface area contributed by atoms with Crippen molar-refractivity contribution in [3.05, 3.63) is 58.6 Å². The Hall–Kier alpha value is -0.860. The van der Waals surface area contributed by atoms with Gasteiger partial charge in [0, 0.05) is 10.4 Å². The number of hydrogen-bond donors (Lipinski definition) is 1. The van der Waals surface area contributed by atoms with Crippen molar-refractivity contribution >= 4 is 15.9 Å². The zero-order valence-corrected chi connectivity index (χ0v) is 9.89. The smallest absolute Gasteiger partial charge is 0.0866 e. The van der Waals surface area contributed by atoms with Crippen molar-refractivity contribution in [3.8, 4) is 0 Å². The van der Waals surface area contributed by atoms with Crippen LogP contribution in [0.4, 0.5) is 0 Å². The Morgan fingerprint density at radius 1 is 1.27 bits per heavy atom. The SMILES string of the molecule is O[C@H](c1ccccc1Br)[C@H]1C=CC=CC1. The van der Waals surface area contributed by atoms with Gasteiger partial charge in [0.05, 0.1) is 6.10 Å². The van der Waals surface area contributed by atoms with E-state index in [1.807, 2.05) is 36.4 Å². The summed E-state index contributed by atoms with van der Waals surface area (Å²) in [5.74, 6) is 0.189. The van der Waals surface area contributed by atoms with Gasteiger partial charge in [-0.15, -0.1) is 0 Å². The van der Waals surface area contributed by atoms with Crippen LogP contribution < -0.4 is 0 Å². The monoisotopic (exact) mass is 264 g/mol. The van der Waals surface area contributed by atoms with E-state index in [9.17, 15) is 5.11 Å². The highest BCUT2D eigenvalue weighted by molar-refractivity contribution is 9.10. The molecule has 1 aliphatic carbocycles. The summed E-state index contributed by atoms with van der Waals surface area (Å²) in [6, 6.07) is 7.82. The van der Waals surface area contributed by atoms with Crippen molar-refractivity contribution in [3.63, 3.8) is 0 Å². The Kier molecular flexibility index (Phi) is 3.39. The first-order valence-electron chi connectivity index (χ1n) is 5.05. The van der Waals surface area contributed by atoms with E-state index < -0.39 is 6.10 Å². The van der Waals surface area contributed by atoms with Gasteiger partial charge >= 0.3 is 0 Å². The van der Waals surface area contributed by atoms with Crippen LogP contribution in [-0.4, -0.2) is 5.11 Å². The first-order valence-corrected chi connectivity index (χ1v) is 5.84. The molecule has 1 nitrogen and oxygen atoms in total. The van der Waals surface area contributed by atoms with Crippen molar-refractivity contribution in [2.45, 2.75) is 12.5 Å². The summed E-state index contributed by atoms with van der Waals surface area (Å²) in [5, 5.41) is 10.2. The van der Waals surface area contributed by atoms with Crippen LogP contribution in [0.2, 0.25) is 0 Å². The van der Waals surface area contributed by atoms with Gasteiger partial charge in [-0.3, -0.25) is 0 Å². The average Bonchev–Trinajstić information content (AvgIpc) is 2.30. The largest absolute Gasteiger partial charge is 0.388 e. The third-order valence-corrected chi connectivity index (χ3v) is 3.37. The molecule has 1 aromatic carbocycles. The second-order valence-corrected chi connectivity index (χ2v) is 4.53. The quantitative estimate of drug-likeness (QED) is 0.866. The summed E-state index contributed by atoms with van der Waals surface area (Å²) in [6.07, 6.45) is 8.63. The van der Waals surface area contributed by atoms with E-state index >= 15 is 0 Å². The third-order valence-electron chi connectivity index (χ3n) is 2.64. The van der Waals surface area contributed by atoms with Crippen molar-refractivity contribution in [1.82, 2.24) is 0 Å². The molecule has 0 spiro atoms. The Bertz CT molecular complexity index is 395. The molecule has 0 fully saturated rings. The van der Waals surface area contributed by atoms with E-state index in [2.05, 4.69) is 28.1 Å². The van der Waals surface area contributed by atoms with Crippen molar-refractivity contribution < 1.29 is 5.11 Å². The van der Waals surface area contributed by atoms with Crippen LogP contribution in [0.3, 0.4) is 0 Å². The fourth-order valence-corrected chi connectivity index (χ4v) is 2.30. The van der Waals surface area contributed by atoms with Gasteiger partial charge < -0.3 is 5.11 Å². The second-order valence-electron chi connectivity index (χ2n) is 3.68. The molecule has 0 aromatic heterocycles. The summed E-state index contributed by atoms with van der Waals surface area (Å²) < 4.78 is 0.973. The van der Waals surface area contributed by atoms with Crippen molar-refractivity contribution in [1.29, 1.82) is 0 Å². The van der Waals surface area contributed by atoms with Crippen LogP contribution in [0.25, 0.3) is 0 Å². The highest BCUT2D eigenvalue weighted by atomic mass is 79.9.